The summed E-state index contributed by atoms with van der Waals surface area (Å²) >= 11 is 5.64. The molecule has 0 unspecified atom stereocenters. The Labute approximate surface area is 184 Å². The average Bonchev–Trinajstić information content (AvgIpc) is 3.14. The first-order valence-electron chi connectivity index (χ1n) is 9.40. The topological polar surface area (TPSA) is 91.4 Å². The van der Waals surface area contributed by atoms with Gasteiger partial charge in [-0.15, -0.1) is 0 Å². The summed E-state index contributed by atoms with van der Waals surface area (Å²) in [5, 5.41) is 12.0. The van der Waals surface area contributed by atoms with Crippen molar-refractivity contribution in [1.29, 1.82) is 0 Å². The number of hydrogen-bond acceptors (Lipinski definition) is 4. The van der Waals surface area contributed by atoms with Crippen LogP contribution in [0.3, 0.4) is 0 Å². The molecular formula is C20H18ClF4N5O2. The molecule has 0 aliphatic heterocycles. The number of carbonyl (C=O) groups excluding carboxylic acids is 1. The lowest BCUT2D eigenvalue weighted by molar-refractivity contribution is -0.137. The number of aliphatic imine (C=N–C) groups is 1. The summed E-state index contributed by atoms with van der Waals surface area (Å²) in [4.78, 5) is 16.7. The zero-order chi connectivity index (χ0) is 23.3. The van der Waals surface area contributed by atoms with Crippen LogP contribution in [0, 0.1) is 5.82 Å². The Morgan fingerprint density at radius 2 is 2.03 bits per heavy atom. The van der Waals surface area contributed by atoms with Crippen LogP contribution in [0.15, 0.2) is 41.4 Å². The molecular weight excluding hydrogens is 454 g/mol. The number of rotatable bonds is 6. The third-order valence-electron chi connectivity index (χ3n) is 4.25. The van der Waals surface area contributed by atoms with Crippen LogP contribution in [0.5, 0.6) is 0 Å². The summed E-state index contributed by atoms with van der Waals surface area (Å²) in [7, 11) is 0. The number of amides is 1. The summed E-state index contributed by atoms with van der Waals surface area (Å²) in [6.07, 6.45) is -4.50. The molecule has 0 aliphatic rings. The van der Waals surface area contributed by atoms with Gasteiger partial charge >= 0.3 is 6.18 Å². The molecule has 0 aliphatic carbocycles. The number of alkyl halides is 3. The number of carbonyl (C=O) groups is 1. The van der Waals surface area contributed by atoms with Crippen molar-refractivity contribution in [2.24, 2.45) is 4.99 Å². The second-order valence-corrected chi connectivity index (χ2v) is 6.87. The minimum absolute atomic E-state index is 0.00656. The largest absolute Gasteiger partial charge is 0.416 e. The highest BCUT2D eigenvalue weighted by atomic mass is 35.5. The van der Waals surface area contributed by atoms with Gasteiger partial charge in [0, 0.05) is 17.6 Å². The van der Waals surface area contributed by atoms with E-state index in [2.05, 4.69) is 25.8 Å². The maximum atomic E-state index is 13.7. The number of anilines is 1. The molecule has 0 radical (unpaired) electrons. The van der Waals surface area contributed by atoms with Crippen molar-refractivity contribution < 1.29 is 27.1 Å². The predicted molar refractivity (Wildman–Crippen MR) is 112 cm³/mol. The highest BCUT2D eigenvalue weighted by Gasteiger charge is 2.31. The molecule has 1 amide bonds. The summed E-state index contributed by atoms with van der Waals surface area (Å²) in [5.74, 6) is -1.34. The Morgan fingerprint density at radius 3 is 2.72 bits per heavy atom. The van der Waals surface area contributed by atoms with E-state index in [0.717, 1.165) is 18.2 Å². The number of nitrogens with one attached hydrogen (secondary N) is 3. The maximum Gasteiger partial charge on any atom is 0.416 e. The fourth-order valence-electron chi connectivity index (χ4n) is 2.70. The van der Waals surface area contributed by atoms with Crippen LogP contribution in [0.4, 0.5) is 23.4 Å². The highest BCUT2D eigenvalue weighted by molar-refractivity contribution is 6.30. The van der Waals surface area contributed by atoms with E-state index in [4.69, 9.17) is 16.3 Å². The predicted octanol–water partition coefficient (Wildman–Crippen LogP) is 4.61. The van der Waals surface area contributed by atoms with Crippen molar-refractivity contribution in [1.82, 2.24) is 15.5 Å². The summed E-state index contributed by atoms with van der Waals surface area (Å²) in [5.41, 5.74) is -0.695. The summed E-state index contributed by atoms with van der Waals surface area (Å²) < 4.78 is 57.7. The lowest BCUT2D eigenvalue weighted by atomic mass is 10.1. The number of H-pyrrole nitrogens is 1. The minimum Gasteiger partial charge on any atom is -0.380 e. The first-order valence-corrected chi connectivity index (χ1v) is 9.77. The third-order valence-corrected chi connectivity index (χ3v) is 4.56. The van der Waals surface area contributed by atoms with E-state index in [-0.39, 0.29) is 41.0 Å². The molecule has 0 spiro atoms. The maximum absolute atomic E-state index is 13.7. The highest BCUT2D eigenvalue weighted by Crippen LogP contribution is 2.32. The van der Waals surface area contributed by atoms with Crippen molar-refractivity contribution in [3.05, 3.63) is 58.4 Å². The van der Waals surface area contributed by atoms with Gasteiger partial charge in [0.1, 0.15) is 5.82 Å². The van der Waals surface area contributed by atoms with Gasteiger partial charge in [-0.05, 0) is 43.3 Å². The van der Waals surface area contributed by atoms with E-state index in [1.54, 1.807) is 0 Å². The minimum atomic E-state index is -4.50. The number of halogens is 5. The van der Waals surface area contributed by atoms with Crippen LogP contribution in [0.1, 0.15) is 22.8 Å². The van der Waals surface area contributed by atoms with E-state index in [1.807, 2.05) is 6.92 Å². The normalized spacial score (nSPS) is 12.2. The standard InChI is InChI=1S/C20H18ClF4N5O2/c1-2-32-8-7-26-19(28-18(31)11-3-6-14(21)15(22)9-11)27-17-13-5-4-12(20(23,24)25)10-16(13)29-30-17/h3-6,9-10H,2,7-8H2,1H3,(H3,26,27,28,29,30,31). The molecule has 32 heavy (non-hydrogen) atoms. The van der Waals surface area contributed by atoms with Crippen LogP contribution in [-0.4, -0.2) is 41.8 Å². The first-order chi connectivity index (χ1) is 15.2. The SMILES string of the molecule is CCOCCN=C(NC(=O)c1ccc(Cl)c(F)c1)Nc1n[nH]c2cc(C(F)(F)F)ccc12. The molecule has 3 aromatic rings. The van der Waals surface area contributed by atoms with Crippen LogP contribution in [-0.2, 0) is 10.9 Å². The molecule has 1 heterocycles. The van der Waals surface area contributed by atoms with E-state index in [0.29, 0.717) is 12.0 Å². The van der Waals surface area contributed by atoms with Gasteiger partial charge in [0.15, 0.2) is 5.82 Å². The number of aromatic amines is 1. The number of fused-ring (bicyclic) bond motifs is 1. The van der Waals surface area contributed by atoms with Crippen molar-refractivity contribution in [3.8, 4) is 0 Å². The van der Waals surface area contributed by atoms with E-state index < -0.39 is 23.5 Å². The average molecular weight is 472 g/mol. The number of ether oxygens (including phenoxy) is 1. The lowest BCUT2D eigenvalue weighted by Crippen LogP contribution is -2.36. The Morgan fingerprint density at radius 1 is 1.25 bits per heavy atom. The number of hydrogen-bond donors (Lipinski definition) is 3. The van der Waals surface area contributed by atoms with Crippen LogP contribution in [0.25, 0.3) is 10.9 Å². The van der Waals surface area contributed by atoms with Gasteiger partial charge in [-0.3, -0.25) is 20.2 Å². The molecule has 1 aromatic heterocycles. The zero-order valence-corrected chi connectivity index (χ0v) is 17.4. The number of guanidine groups is 1. The fourth-order valence-corrected chi connectivity index (χ4v) is 2.81. The quantitative estimate of drug-likeness (QED) is 0.212. The van der Waals surface area contributed by atoms with Crippen molar-refractivity contribution in [3.63, 3.8) is 0 Å². The molecule has 12 heteroatoms. The lowest BCUT2D eigenvalue weighted by Gasteiger charge is -2.11. The van der Waals surface area contributed by atoms with Gasteiger partial charge in [-0.1, -0.05) is 11.6 Å². The molecule has 7 nitrogen and oxygen atoms in total. The Balaban J connectivity index is 1.84. The van der Waals surface area contributed by atoms with Crippen LogP contribution < -0.4 is 10.6 Å². The fraction of sp³-hybridized carbons (Fsp3) is 0.250. The molecule has 3 rings (SSSR count). The third kappa shape index (κ3) is 5.74. The molecule has 0 saturated heterocycles. The molecule has 0 atom stereocenters. The van der Waals surface area contributed by atoms with Gasteiger partial charge < -0.3 is 10.1 Å². The second-order valence-electron chi connectivity index (χ2n) is 6.47. The Hall–Kier alpha value is -3.18. The molecule has 0 fully saturated rings. The van der Waals surface area contributed by atoms with Gasteiger partial charge in [-0.2, -0.15) is 18.3 Å². The zero-order valence-electron chi connectivity index (χ0n) is 16.7. The van der Waals surface area contributed by atoms with Crippen molar-refractivity contribution in [2.45, 2.75) is 13.1 Å². The van der Waals surface area contributed by atoms with Crippen molar-refractivity contribution >= 4 is 40.2 Å². The van der Waals surface area contributed by atoms with Crippen LogP contribution in [0.2, 0.25) is 5.02 Å². The molecule has 0 saturated carbocycles. The second kappa shape index (κ2) is 9.96. The van der Waals surface area contributed by atoms with Gasteiger partial charge in [0.05, 0.1) is 29.3 Å². The van der Waals surface area contributed by atoms with Gasteiger partial charge in [0.2, 0.25) is 5.96 Å². The molecule has 170 valence electrons. The van der Waals surface area contributed by atoms with E-state index >= 15 is 0 Å². The number of nitrogens with zero attached hydrogens (tertiary/aromatic N) is 2. The molecule has 2 aromatic carbocycles. The van der Waals surface area contributed by atoms with Gasteiger partial charge in [0.25, 0.3) is 5.91 Å². The molecule has 0 bridgehead atoms. The number of aromatic nitrogens is 2. The molecule has 3 N–H and O–H groups in total. The van der Waals surface area contributed by atoms with Crippen LogP contribution >= 0.6 is 11.6 Å². The van der Waals surface area contributed by atoms with Crippen molar-refractivity contribution in [2.75, 3.05) is 25.1 Å². The van der Waals surface area contributed by atoms with E-state index in [9.17, 15) is 22.4 Å². The number of benzene rings is 2. The monoisotopic (exact) mass is 471 g/mol. The Kier molecular flexibility index (Phi) is 7.31. The van der Waals surface area contributed by atoms with Gasteiger partial charge in [-0.25, -0.2) is 4.39 Å². The van der Waals surface area contributed by atoms with E-state index in [1.165, 1.54) is 18.2 Å². The summed E-state index contributed by atoms with van der Waals surface area (Å²) in [6, 6.07) is 6.64. The smallest absolute Gasteiger partial charge is 0.380 e. The Bertz CT molecular complexity index is 1150. The summed E-state index contributed by atoms with van der Waals surface area (Å²) in [6.45, 7) is 2.72. The first kappa shape index (κ1) is 23.5.